The Labute approximate surface area is 117 Å². The fourth-order valence-corrected chi connectivity index (χ4v) is 1.82. The molecule has 1 aliphatic rings. The van der Waals surface area contributed by atoms with Crippen molar-refractivity contribution < 1.29 is 14.4 Å². The number of rotatable bonds is 1. The van der Waals surface area contributed by atoms with Gasteiger partial charge in [0.15, 0.2) is 5.69 Å². The summed E-state index contributed by atoms with van der Waals surface area (Å²) in [7, 11) is 0. The van der Waals surface area contributed by atoms with Gasteiger partial charge in [0, 0.05) is 6.42 Å². The van der Waals surface area contributed by atoms with Crippen LogP contribution in [0.1, 0.15) is 44.6 Å². The van der Waals surface area contributed by atoms with E-state index in [0.29, 0.717) is 18.7 Å². The molecule has 1 saturated heterocycles. The first-order valence-electron chi connectivity index (χ1n) is 6.28. The van der Waals surface area contributed by atoms with Crippen molar-refractivity contribution in [2.45, 2.75) is 38.8 Å². The van der Waals surface area contributed by atoms with Crippen LogP contribution < -0.4 is 0 Å². The number of hydrogen-bond donors (Lipinski definition) is 0. The van der Waals surface area contributed by atoms with E-state index in [2.05, 4.69) is 9.97 Å². The summed E-state index contributed by atoms with van der Waals surface area (Å²) in [6.07, 6.45) is 2.92. The lowest BCUT2D eigenvalue weighted by Gasteiger charge is -2.26. The minimum absolute atomic E-state index is 0.207. The first-order valence-corrected chi connectivity index (χ1v) is 6.28. The molecule has 20 heavy (non-hydrogen) atoms. The van der Waals surface area contributed by atoms with Gasteiger partial charge in [0.1, 0.15) is 17.7 Å². The first kappa shape index (κ1) is 14.2. The second kappa shape index (κ2) is 5.43. The fraction of sp³-hybridized carbons (Fsp3) is 0.538. The van der Waals surface area contributed by atoms with E-state index in [0.717, 1.165) is 5.06 Å². The Bertz CT molecular complexity index is 547. The van der Waals surface area contributed by atoms with Crippen LogP contribution in [0.4, 0.5) is 4.79 Å². The number of hydroxylamine groups is 2. The Morgan fingerprint density at radius 2 is 2.30 bits per heavy atom. The molecule has 1 aliphatic heterocycles. The van der Waals surface area contributed by atoms with Gasteiger partial charge in [0.2, 0.25) is 0 Å². The molecule has 0 aliphatic carbocycles. The van der Waals surface area contributed by atoms with Gasteiger partial charge in [-0.3, -0.25) is 9.82 Å². The van der Waals surface area contributed by atoms with Gasteiger partial charge in [-0.1, -0.05) is 0 Å². The van der Waals surface area contributed by atoms with E-state index in [1.165, 1.54) is 12.4 Å². The molecule has 0 aromatic carbocycles. The molecule has 1 aromatic heterocycles. The summed E-state index contributed by atoms with van der Waals surface area (Å²) in [4.78, 5) is 25.5. The number of carbonyl (C=O) groups is 1. The summed E-state index contributed by atoms with van der Waals surface area (Å²) in [6, 6.07) is 1.54. The van der Waals surface area contributed by atoms with Crippen molar-refractivity contribution in [3.8, 4) is 6.07 Å². The largest absolute Gasteiger partial charge is 0.442 e. The summed E-state index contributed by atoms with van der Waals surface area (Å²) in [5.41, 5.74) is 0.124. The van der Waals surface area contributed by atoms with Crippen molar-refractivity contribution in [3.63, 3.8) is 0 Å². The number of nitriles is 1. The van der Waals surface area contributed by atoms with Crippen LogP contribution in [0.25, 0.3) is 0 Å². The van der Waals surface area contributed by atoms with Gasteiger partial charge in [-0.2, -0.15) is 10.3 Å². The number of ether oxygens (including phenoxy) is 1. The number of nitrogens with zero attached hydrogens (tertiary/aromatic N) is 4. The fourth-order valence-electron chi connectivity index (χ4n) is 1.82. The Balaban J connectivity index is 2.19. The summed E-state index contributed by atoms with van der Waals surface area (Å²) >= 11 is 0. The number of carbonyl (C=O) groups excluding carboxylic acids is 1. The van der Waals surface area contributed by atoms with Crippen LogP contribution in [0.3, 0.4) is 0 Å². The smallest absolute Gasteiger partial charge is 0.435 e. The second-order valence-electron chi connectivity index (χ2n) is 5.38. The highest BCUT2D eigenvalue weighted by Gasteiger charge is 2.36. The molecule has 0 radical (unpaired) electrons. The van der Waals surface area contributed by atoms with Crippen molar-refractivity contribution in [2.24, 2.45) is 0 Å². The molecule has 0 spiro atoms. The molecule has 7 nitrogen and oxygen atoms in total. The van der Waals surface area contributed by atoms with Crippen LogP contribution in [0.2, 0.25) is 0 Å². The standard InChI is InChI=1S/C13H16N4O3/c1-13(2,3)20-12(18)17-11(4-5-19-17)10-8-15-7-9(6-14)16-10/h7-8,11H,4-5H2,1-3H3/t11-/m0/s1. The zero-order chi connectivity index (χ0) is 14.8. The van der Waals surface area contributed by atoms with Crippen LogP contribution in [-0.4, -0.2) is 33.3 Å². The molecule has 2 heterocycles. The van der Waals surface area contributed by atoms with E-state index in [1.807, 2.05) is 6.07 Å². The highest BCUT2D eigenvalue weighted by atomic mass is 16.7. The molecule has 0 N–H and O–H groups in total. The average molecular weight is 276 g/mol. The van der Waals surface area contributed by atoms with Crippen LogP contribution in [-0.2, 0) is 9.57 Å². The lowest BCUT2D eigenvalue weighted by molar-refractivity contribution is -0.125. The predicted octanol–water partition coefficient (Wildman–Crippen LogP) is 1.96. The predicted molar refractivity (Wildman–Crippen MR) is 68.1 cm³/mol. The van der Waals surface area contributed by atoms with Gasteiger partial charge in [0.25, 0.3) is 0 Å². The Morgan fingerprint density at radius 1 is 1.55 bits per heavy atom. The summed E-state index contributed by atoms with van der Waals surface area (Å²) < 4.78 is 5.28. The SMILES string of the molecule is CC(C)(C)OC(=O)N1OCC[C@H]1c1cncc(C#N)n1. The van der Waals surface area contributed by atoms with Crippen LogP contribution in [0.15, 0.2) is 12.4 Å². The number of hydrogen-bond acceptors (Lipinski definition) is 6. The molecule has 0 unspecified atom stereocenters. The normalized spacial score (nSPS) is 18.7. The van der Waals surface area contributed by atoms with Gasteiger partial charge in [0.05, 0.1) is 24.7 Å². The van der Waals surface area contributed by atoms with Gasteiger partial charge in [-0.15, -0.1) is 0 Å². The van der Waals surface area contributed by atoms with E-state index in [9.17, 15) is 4.79 Å². The van der Waals surface area contributed by atoms with E-state index in [4.69, 9.17) is 14.8 Å². The minimum atomic E-state index is -0.603. The molecule has 1 atom stereocenters. The number of amides is 1. The quantitative estimate of drug-likeness (QED) is 0.779. The third kappa shape index (κ3) is 3.22. The van der Waals surface area contributed by atoms with Crippen LogP contribution in [0.5, 0.6) is 0 Å². The molecule has 0 bridgehead atoms. The lowest BCUT2D eigenvalue weighted by Crippen LogP contribution is -2.36. The maximum atomic E-state index is 12.1. The number of aromatic nitrogens is 2. The summed E-state index contributed by atoms with van der Waals surface area (Å²) in [5, 5.41) is 10.0. The van der Waals surface area contributed by atoms with Gasteiger partial charge >= 0.3 is 6.09 Å². The Kier molecular flexibility index (Phi) is 3.86. The van der Waals surface area contributed by atoms with E-state index < -0.39 is 11.7 Å². The molecule has 7 heteroatoms. The third-order valence-electron chi connectivity index (χ3n) is 2.59. The van der Waals surface area contributed by atoms with E-state index >= 15 is 0 Å². The molecular formula is C13H16N4O3. The maximum Gasteiger partial charge on any atom is 0.435 e. The van der Waals surface area contributed by atoms with Crippen LogP contribution >= 0.6 is 0 Å². The van der Waals surface area contributed by atoms with Crippen molar-refractivity contribution in [1.29, 1.82) is 5.26 Å². The molecular weight excluding hydrogens is 260 g/mol. The Morgan fingerprint density at radius 3 is 2.95 bits per heavy atom. The van der Waals surface area contributed by atoms with Gasteiger partial charge in [-0.25, -0.2) is 9.78 Å². The molecule has 0 saturated carbocycles. The van der Waals surface area contributed by atoms with Crippen molar-refractivity contribution in [1.82, 2.24) is 15.0 Å². The first-order chi connectivity index (χ1) is 9.40. The topological polar surface area (TPSA) is 88.3 Å². The monoisotopic (exact) mass is 276 g/mol. The summed E-state index contributed by atoms with van der Waals surface area (Å²) in [6.45, 7) is 5.74. The van der Waals surface area contributed by atoms with E-state index in [1.54, 1.807) is 20.8 Å². The Hall–Kier alpha value is -2.20. The van der Waals surface area contributed by atoms with Gasteiger partial charge < -0.3 is 4.74 Å². The third-order valence-corrected chi connectivity index (χ3v) is 2.59. The highest BCUT2D eigenvalue weighted by Crippen LogP contribution is 2.30. The summed E-state index contributed by atoms with van der Waals surface area (Å²) in [5.74, 6) is 0. The lowest BCUT2D eigenvalue weighted by atomic mass is 10.1. The average Bonchev–Trinajstić information content (AvgIpc) is 2.86. The molecule has 106 valence electrons. The zero-order valence-corrected chi connectivity index (χ0v) is 11.7. The maximum absolute atomic E-state index is 12.1. The van der Waals surface area contributed by atoms with Crippen LogP contribution in [0, 0.1) is 11.3 Å². The zero-order valence-electron chi connectivity index (χ0n) is 11.7. The van der Waals surface area contributed by atoms with Gasteiger partial charge in [-0.05, 0) is 20.8 Å². The minimum Gasteiger partial charge on any atom is -0.442 e. The van der Waals surface area contributed by atoms with Crippen molar-refractivity contribution in [2.75, 3.05) is 6.61 Å². The molecule has 2 rings (SSSR count). The molecule has 1 aromatic rings. The second-order valence-corrected chi connectivity index (χ2v) is 5.38. The molecule has 1 fully saturated rings. The highest BCUT2D eigenvalue weighted by molar-refractivity contribution is 5.67. The van der Waals surface area contributed by atoms with Crippen molar-refractivity contribution in [3.05, 3.63) is 23.8 Å². The van der Waals surface area contributed by atoms with E-state index in [-0.39, 0.29) is 11.7 Å². The molecule has 1 amide bonds. The van der Waals surface area contributed by atoms with Crippen molar-refractivity contribution >= 4 is 6.09 Å².